The molecule has 1 heterocycles. The Morgan fingerprint density at radius 2 is 1.81 bits per heavy atom. The monoisotopic (exact) mass is 305 g/mol. The minimum Gasteiger partial charge on any atom is -0.389 e. The molecule has 4 nitrogen and oxygen atoms in total. The molecule has 2 aromatic rings. The Bertz CT molecular complexity index is 564. The second-order valence-corrected chi connectivity index (χ2v) is 6.26. The van der Waals surface area contributed by atoms with Crippen LogP contribution in [0.25, 0.3) is 0 Å². The van der Waals surface area contributed by atoms with Crippen molar-refractivity contribution in [1.29, 1.82) is 0 Å². The minimum absolute atomic E-state index is 0.623. The van der Waals surface area contributed by atoms with Crippen molar-refractivity contribution < 1.29 is 5.11 Å². The van der Waals surface area contributed by atoms with Gasteiger partial charge in [0.15, 0.2) is 5.16 Å². The third kappa shape index (κ3) is 4.08. The molecule has 0 amide bonds. The van der Waals surface area contributed by atoms with Crippen molar-refractivity contribution in [3.63, 3.8) is 0 Å². The Kier molecular flexibility index (Phi) is 5.42. The summed E-state index contributed by atoms with van der Waals surface area (Å²) in [6, 6.07) is 10.3. The maximum Gasteiger partial charge on any atom is 0.191 e. The second kappa shape index (κ2) is 7.09. The van der Waals surface area contributed by atoms with Crippen molar-refractivity contribution in [1.82, 2.24) is 14.8 Å². The molecule has 1 aromatic carbocycles. The number of aryl methyl sites for hydroxylation is 1. The number of hydrogen-bond donors (Lipinski definition) is 1. The third-order valence-corrected chi connectivity index (χ3v) is 5.11. The van der Waals surface area contributed by atoms with Crippen LogP contribution in [0, 0.1) is 6.92 Å². The quantitative estimate of drug-likeness (QED) is 0.798. The van der Waals surface area contributed by atoms with Gasteiger partial charge in [0.05, 0.1) is 12.1 Å². The summed E-state index contributed by atoms with van der Waals surface area (Å²) in [4.78, 5) is 0. The van der Waals surface area contributed by atoms with Gasteiger partial charge in [-0.1, -0.05) is 55.9 Å². The van der Waals surface area contributed by atoms with E-state index >= 15 is 0 Å². The molecule has 0 bridgehead atoms. The van der Waals surface area contributed by atoms with E-state index in [1.165, 1.54) is 5.56 Å². The van der Waals surface area contributed by atoms with Gasteiger partial charge in [0.25, 0.3) is 0 Å². The normalized spacial score (nSPS) is 11.8. The van der Waals surface area contributed by atoms with E-state index in [0.29, 0.717) is 5.75 Å². The number of aliphatic hydroxyl groups is 1. The lowest BCUT2D eigenvalue weighted by Crippen LogP contribution is -2.29. The van der Waals surface area contributed by atoms with Crippen LogP contribution in [-0.4, -0.2) is 31.2 Å². The molecule has 0 saturated carbocycles. The van der Waals surface area contributed by atoms with Gasteiger partial charge in [0.2, 0.25) is 0 Å². The molecule has 0 aliphatic rings. The molecule has 1 aromatic heterocycles. The summed E-state index contributed by atoms with van der Waals surface area (Å²) in [7, 11) is 0. The summed E-state index contributed by atoms with van der Waals surface area (Å²) in [6.07, 6.45) is 1.50. The van der Waals surface area contributed by atoms with Gasteiger partial charge in [0.1, 0.15) is 5.82 Å². The molecular weight excluding hydrogens is 282 g/mol. The predicted molar refractivity (Wildman–Crippen MR) is 86.6 cm³/mol. The average Bonchev–Trinajstić information content (AvgIpc) is 2.87. The predicted octanol–water partition coefficient (Wildman–Crippen LogP) is 3.28. The second-order valence-electron chi connectivity index (χ2n) is 5.32. The molecule has 21 heavy (non-hydrogen) atoms. The molecule has 0 saturated heterocycles. The smallest absolute Gasteiger partial charge is 0.191 e. The fourth-order valence-electron chi connectivity index (χ4n) is 2.07. The van der Waals surface area contributed by atoms with Gasteiger partial charge >= 0.3 is 0 Å². The van der Waals surface area contributed by atoms with Crippen molar-refractivity contribution in [2.24, 2.45) is 0 Å². The maximum atomic E-state index is 10.4. The van der Waals surface area contributed by atoms with Crippen molar-refractivity contribution in [2.75, 3.05) is 5.75 Å². The highest BCUT2D eigenvalue weighted by atomic mass is 32.2. The summed E-state index contributed by atoms with van der Waals surface area (Å²) in [6.45, 7) is 6.76. The molecule has 2 rings (SSSR count). The van der Waals surface area contributed by atoms with Crippen LogP contribution < -0.4 is 0 Å². The van der Waals surface area contributed by atoms with E-state index in [0.717, 1.165) is 30.4 Å². The summed E-state index contributed by atoms with van der Waals surface area (Å²) < 4.78 is 2.10. The zero-order valence-electron chi connectivity index (χ0n) is 12.9. The molecule has 114 valence electrons. The van der Waals surface area contributed by atoms with Crippen LogP contribution in [0.5, 0.6) is 0 Å². The molecule has 0 aliphatic heterocycles. The molecule has 1 N–H and O–H groups in total. The molecule has 0 aliphatic carbocycles. The molecule has 5 heteroatoms. The van der Waals surface area contributed by atoms with Gasteiger partial charge in [-0.15, -0.1) is 10.2 Å². The van der Waals surface area contributed by atoms with E-state index in [1.807, 2.05) is 39.0 Å². The van der Waals surface area contributed by atoms with Crippen LogP contribution in [0.15, 0.2) is 35.5 Å². The summed E-state index contributed by atoms with van der Waals surface area (Å²) >= 11 is 1.58. The SMILES string of the molecule is CCC(O)(CC)CSc1nnc(C)n1Cc1ccccc1. The Morgan fingerprint density at radius 3 is 2.43 bits per heavy atom. The maximum absolute atomic E-state index is 10.4. The molecule has 0 spiro atoms. The number of thioether (sulfide) groups is 1. The fraction of sp³-hybridized carbons (Fsp3) is 0.500. The first-order valence-electron chi connectivity index (χ1n) is 7.37. The molecule has 0 atom stereocenters. The van der Waals surface area contributed by atoms with Crippen LogP contribution in [0.4, 0.5) is 0 Å². The van der Waals surface area contributed by atoms with Gasteiger partial charge in [0, 0.05) is 5.75 Å². The van der Waals surface area contributed by atoms with E-state index in [4.69, 9.17) is 0 Å². The highest BCUT2D eigenvalue weighted by Crippen LogP contribution is 2.26. The van der Waals surface area contributed by atoms with Gasteiger partial charge in [-0.3, -0.25) is 0 Å². The summed E-state index contributed by atoms with van der Waals surface area (Å²) in [5.74, 6) is 1.55. The molecule has 0 unspecified atom stereocenters. The lowest BCUT2D eigenvalue weighted by atomic mass is 10.0. The Morgan fingerprint density at radius 1 is 1.14 bits per heavy atom. The molecular formula is C16H23N3OS. The highest BCUT2D eigenvalue weighted by molar-refractivity contribution is 7.99. The fourth-order valence-corrected chi connectivity index (χ4v) is 3.33. The zero-order chi connectivity index (χ0) is 15.3. The Hall–Kier alpha value is -1.33. The van der Waals surface area contributed by atoms with Crippen LogP contribution in [0.1, 0.15) is 38.1 Å². The van der Waals surface area contributed by atoms with E-state index in [1.54, 1.807) is 11.8 Å². The number of hydrogen-bond acceptors (Lipinski definition) is 4. The van der Waals surface area contributed by atoms with Crippen LogP contribution in [0.2, 0.25) is 0 Å². The Labute approximate surface area is 130 Å². The molecule has 0 radical (unpaired) electrons. The van der Waals surface area contributed by atoms with E-state index in [-0.39, 0.29) is 0 Å². The van der Waals surface area contributed by atoms with Crippen LogP contribution in [-0.2, 0) is 6.54 Å². The first-order valence-corrected chi connectivity index (χ1v) is 8.35. The van der Waals surface area contributed by atoms with Gasteiger partial charge in [-0.05, 0) is 25.3 Å². The summed E-state index contributed by atoms with van der Waals surface area (Å²) in [5, 5.41) is 19.7. The third-order valence-electron chi connectivity index (χ3n) is 3.87. The lowest BCUT2D eigenvalue weighted by Gasteiger charge is -2.24. The highest BCUT2D eigenvalue weighted by Gasteiger charge is 2.24. The van der Waals surface area contributed by atoms with Crippen molar-refractivity contribution in [3.05, 3.63) is 41.7 Å². The van der Waals surface area contributed by atoms with Crippen LogP contribution in [0.3, 0.4) is 0 Å². The molecule has 0 fully saturated rings. The van der Waals surface area contributed by atoms with Gasteiger partial charge in [-0.2, -0.15) is 0 Å². The average molecular weight is 305 g/mol. The largest absolute Gasteiger partial charge is 0.389 e. The number of aromatic nitrogens is 3. The van der Waals surface area contributed by atoms with Gasteiger partial charge in [-0.25, -0.2) is 0 Å². The number of rotatable bonds is 7. The van der Waals surface area contributed by atoms with E-state index in [2.05, 4.69) is 26.9 Å². The van der Waals surface area contributed by atoms with E-state index < -0.39 is 5.60 Å². The van der Waals surface area contributed by atoms with Gasteiger partial charge < -0.3 is 9.67 Å². The number of benzene rings is 1. The standard InChI is InChI=1S/C16H23N3OS/c1-4-16(20,5-2)12-21-15-18-17-13(3)19(15)11-14-9-7-6-8-10-14/h6-10,20H,4-5,11-12H2,1-3H3. The topological polar surface area (TPSA) is 50.9 Å². The summed E-state index contributed by atoms with van der Waals surface area (Å²) in [5.41, 5.74) is 0.603. The van der Waals surface area contributed by atoms with Crippen molar-refractivity contribution >= 4 is 11.8 Å². The van der Waals surface area contributed by atoms with Crippen molar-refractivity contribution in [3.8, 4) is 0 Å². The zero-order valence-corrected chi connectivity index (χ0v) is 13.7. The minimum atomic E-state index is -0.623. The van der Waals surface area contributed by atoms with Crippen LogP contribution >= 0.6 is 11.8 Å². The van der Waals surface area contributed by atoms with Crippen molar-refractivity contribution in [2.45, 2.75) is 50.9 Å². The lowest BCUT2D eigenvalue weighted by molar-refractivity contribution is 0.0571. The first-order chi connectivity index (χ1) is 10.1. The van der Waals surface area contributed by atoms with E-state index in [9.17, 15) is 5.11 Å². The first kappa shape index (κ1) is 16.0. The Balaban J connectivity index is 2.11. The number of nitrogens with zero attached hydrogens (tertiary/aromatic N) is 3.